The van der Waals surface area contributed by atoms with Crippen LogP contribution in [0.5, 0.6) is 11.5 Å². The molecule has 0 aromatic heterocycles. The zero-order valence-electron chi connectivity index (χ0n) is 12.5. The summed E-state index contributed by atoms with van der Waals surface area (Å²) in [6, 6.07) is 8.04. The zero-order valence-corrected chi connectivity index (χ0v) is 17.6. The van der Waals surface area contributed by atoms with Crippen molar-refractivity contribution >= 4 is 61.3 Å². The van der Waals surface area contributed by atoms with E-state index in [1.54, 1.807) is 6.07 Å². The Bertz CT molecular complexity index is 899. The van der Waals surface area contributed by atoms with Gasteiger partial charge in [-0.25, -0.2) is 0 Å². The first kappa shape index (κ1) is 20.4. The molecule has 0 radical (unpaired) electrons. The molecule has 0 fully saturated rings. The lowest BCUT2D eigenvalue weighted by Crippen LogP contribution is -2.16. The van der Waals surface area contributed by atoms with Crippen molar-refractivity contribution < 1.29 is 27.6 Å². The van der Waals surface area contributed by atoms with Crippen LogP contribution < -0.4 is 10.5 Å². The number of benzene rings is 2. The molecule has 0 spiro atoms. The van der Waals surface area contributed by atoms with Crippen molar-refractivity contribution in [2.24, 2.45) is 5.73 Å². The van der Waals surface area contributed by atoms with Gasteiger partial charge >= 0.3 is 5.97 Å². The normalized spacial score (nSPS) is 12.6. The third kappa shape index (κ3) is 5.51. The smallest absolute Gasteiger partial charge is 0.305 e. The van der Waals surface area contributed by atoms with Crippen molar-refractivity contribution in [3.63, 3.8) is 0 Å². The summed E-state index contributed by atoms with van der Waals surface area (Å²) in [5, 5.41) is 8.97. The van der Waals surface area contributed by atoms with Gasteiger partial charge in [-0.1, -0.05) is 0 Å². The van der Waals surface area contributed by atoms with E-state index in [1.165, 1.54) is 24.3 Å². The zero-order chi connectivity index (χ0) is 18.8. The van der Waals surface area contributed by atoms with E-state index >= 15 is 0 Å². The Balaban J connectivity index is 2.40. The monoisotopic (exact) mass is 589 g/mol. The summed E-state index contributed by atoms with van der Waals surface area (Å²) in [7, 11) is -4.28. The number of nitrogens with two attached hydrogens (primary N) is 1. The molecule has 0 saturated carbocycles. The van der Waals surface area contributed by atoms with E-state index in [4.69, 9.17) is 20.1 Å². The number of halogens is 2. The van der Waals surface area contributed by atoms with Crippen LogP contribution in [0.25, 0.3) is 0 Å². The van der Waals surface area contributed by atoms with Crippen LogP contribution in [-0.2, 0) is 14.9 Å². The van der Waals surface area contributed by atoms with Crippen LogP contribution in [-0.4, -0.2) is 24.0 Å². The Morgan fingerprint density at radius 3 is 2.32 bits per heavy atom. The number of hydrogen-bond donors (Lipinski definition) is 3. The second-order valence-corrected chi connectivity index (χ2v) is 8.89. The Kier molecular flexibility index (Phi) is 6.64. The number of carboxylic acid groups (broad SMARTS) is 1. The van der Waals surface area contributed by atoms with Crippen LogP contribution in [0.2, 0.25) is 0 Å². The first-order valence-corrected chi connectivity index (χ1v) is 10.4. The maximum Gasteiger partial charge on any atom is 0.305 e. The van der Waals surface area contributed by atoms with Gasteiger partial charge in [-0.2, -0.15) is 8.42 Å². The van der Waals surface area contributed by atoms with Crippen LogP contribution in [0.1, 0.15) is 18.0 Å². The number of ether oxygens (including phenoxy) is 1. The summed E-state index contributed by atoms with van der Waals surface area (Å²) >= 11 is 4.16. The summed E-state index contributed by atoms with van der Waals surface area (Å²) < 4.78 is 38.6. The van der Waals surface area contributed by atoms with Crippen LogP contribution in [0.15, 0.2) is 41.3 Å². The molecule has 134 valence electrons. The van der Waals surface area contributed by atoms with Gasteiger partial charge in [-0.15, -0.1) is 0 Å². The third-order valence-electron chi connectivity index (χ3n) is 3.17. The highest BCUT2D eigenvalue weighted by atomic mass is 127. The van der Waals surface area contributed by atoms with Gasteiger partial charge in [0.1, 0.15) is 11.5 Å². The number of aliphatic carboxylic acids is 1. The Morgan fingerprint density at radius 2 is 1.80 bits per heavy atom. The van der Waals surface area contributed by atoms with Crippen molar-refractivity contribution in [1.82, 2.24) is 0 Å². The molecule has 0 saturated heterocycles. The Hall–Kier alpha value is -0.960. The van der Waals surface area contributed by atoms with Crippen molar-refractivity contribution in [1.29, 1.82) is 0 Å². The van der Waals surface area contributed by atoms with E-state index < -0.39 is 22.1 Å². The fourth-order valence-corrected chi connectivity index (χ4v) is 4.54. The lowest BCUT2D eigenvalue weighted by Gasteiger charge is -2.18. The number of hydrogen-bond acceptors (Lipinski definition) is 5. The molecule has 0 bridgehead atoms. The Morgan fingerprint density at radius 1 is 1.20 bits per heavy atom. The fraction of sp³-hybridized carbons (Fsp3) is 0.133. The van der Waals surface area contributed by atoms with Gasteiger partial charge < -0.3 is 15.6 Å². The maximum absolute atomic E-state index is 11.1. The highest BCUT2D eigenvalue weighted by molar-refractivity contribution is 14.1. The van der Waals surface area contributed by atoms with Crippen LogP contribution in [0.3, 0.4) is 0 Å². The first-order valence-electron chi connectivity index (χ1n) is 6.79. The maximum atomic E-state index is 11.1. The summed E-state index contributed by atoms with van der Waals surface area (Å²) in [6.45, 7) is 0. The summed E-state index contributed by atoms with van der Waals surface area (Å²) in [5.74, 6) is -0.283. The van der Waals surface area contributed by atoms with E-state index in [0.717, 1.165) is 7.14 Å². The van der Waals surface area contributed by atoms with Crippen molar-refractivity contribution in [3.8, 4) is 11.5 Å². The van der Waals surface area contributed by atoms with Gasteiger partial charge in [0.25, 0.3) is 10.1 Å². The molecule has 0 amide bonds. The summed E-state index contributed by atoms with van der Waals surface area (Å²) in [6.07, 6.45) is -0.256. The molecule has 7 nitrogen and oxygen atoms in total. The van der Waals surface area contributed by atoms with E-state index in [-0.39, 0.29) is 11.3 Å². The molecule has 4 N–H and O–H groups in total. The molecule has 2 aromatic rings. The number of rotatable bonds is 6. The fourth-order valence-electron chi connectivity index (χ4n) is 2.06. The minimum Gasteiger partial charge on any atom is -0.481 e. The highest BCUT2D eigenvalue weighted by Crippen LogP contribution is 2.36. The minimum absolute atomic E-state index is 0.250. The first-order chi connectivity index (χ1) is 11.6. The van der Waals surface area contributed by atoms with E-state index in [2.05, 4.69) is 45.2 Å². The summed E-state index contributed by atoms with van der Waals surface area (Å²) in [5.41, 5.74) is 6.53. The molecule has 0 aliphatic carbocycles. The molecule has 0 heterocycles. The topological polar surface area (TPSA) is 127 Å². The highest BCUT2D eigenvalue weighted by Gasteiger charge is 2.20. The van der Waals surface area contributed by atoms with Gasteiger partial charge in [0.15, 0.2) is 0 Å². The predicted molar refractivity (Wildman–Crippen MR) is 107 cm³/mol. The van der Waals surface area contributed by atoms with Gasteiger partial charge in [0.2, 0.25) is 0 Å². The Labute approximate surface area is 171 Å². The molecular formula is C15H13I2NO6S. The second kappa shape index (κ2) is 8.16. The minimum atomic E-state index is -4.28. The number of carbonyl (C=O) groups is 1. The van der Waals surface area contributed by atoms with Gasteiger partial charge in [0.05, 0.1) is 14.9 Å². The molecule has 0 aliphatic heterocycles. The third-order valence-corrected chi connectivity index (χ3v) is 5.46. The molecular weight excluding hydrogens is 576 g/mol. The molecule has 10 heteroatoms. The quantitative estimate of drug-likeness (QED) is 0.349. The molecule has 1 atom stereocenters. The van der Waals surface area contributed by atoms with Gasteiger partial charge in [-0.3, -0.25) is 9.35 Å². The predicted octanol–water partition coefficient (Wildman–Crippen LogP) is 3.41. The second-order valence-electron chi connectivity index (χ2n) is 5.06. The number of carboxylic acids is 1. The average molecular weight is 589 g/mol. The SMILES string of the molecule is N[C@@H](CC(=O)O)c1cc(I)cc(I)c1Oc1ccc(S(=O)(=O)O)cc1. The lowest BCUT2D eigenvalue weighted by molar-refractivity contribution is -0.137. The summed E-state index contributed by atoms with van der Waals surface area (Å²) in [4.78, 5) is 10.7. The van der Waals surface area contributed by atoms with E-state index in [1.807, 2.05) is 6.07 Å². The molecule has 0 aliphatic rings. The van der Waals surface area contributed by atoms with Crippen LogP contribution in [0, 0.1) is 7.14 Å². The molecule has 2 aromatic carbocycles. The largest absolute Gasteiger partial charge is 0.481 e. The van der Waals surface area contributed by atoms with Crippen molar-refractivity contribution in [2.75, 3.05) is 0 Å². The molecule has 2 rings (SSSR count). The molecule has 0 unspecified atom stereocenters. The van der Waals surface area contributed by atoms with Gasteiger partial charge in [-0.05, 0) is 81.6 Å². The van der Waals surface area contributed by atoms with E-state index in [9.17, 15) is 13.2 Å². The van der Waals surface area contributed by atoms with Crippen LogP contribution in [0.4, 0.5) is 0 Å². The van der Waals surface area contributed by atoms with Crippen molar-refractivity contribution in [3.05, 3.63) is 49.1 Å². The standard InChI is InChI=1S/C15H13I2NO6S/c16-8-5-11(13(18)7-14(19)20)15(12(17)6-8)24-9-1-3-10(4-2-9)25(21,22)23/h1-6,13H,7,18H2,(H,19,20)(H,21,22,23)/t13-/m0/s1. The average Bonchev–Trinajstić information content (AvgIpc) is 2.48. The van der Waals surface area contributed by atoms with Crippen molar-refractivity contribution in [2.45, 2.75) is 17.4 Å². The molecule has 25 heavy (non-hydrogen) atoms. The van der Waals surface area contributed by atoms with E-state index in [0.29, 0.717) is 17.1 Å². The van der Waals surface area contributed by atoms with Crippen LogP contribution >= 0.6 is 45.2 Å². The lowest BCUT2D eigenvalue weighted by atomic mass is 10.0. The van der Waals surface area contributed by atoms with Gasteiger partial charge in [0, 0.05) is 15.2 Å².